The van der Waals surface area contributed by atoms with E-state index in [1.165, 1.54) is 24.1 Å². The Morgan fingerprint density at radius 3 is 2.74 bits per heavy atom. The number of nitrogens with zero attached hydrogens (tertiary/aromatic N) is 1. The summed E-state index contributed by atoms with van der Waals surface area (Å²) in [5.74, 6) is 0.963. The van der Waals surface area contributed by atoms with Crippen LogP contribution in [0.5, 0.6) is 5.75 Å². The topological polar surface area (TPSA) is 24.5 Å². The maximum Gasteiger partial charge on any atom is 0.119 e. The lowest BCUT2D eigenvalue weighted by atomic mass is 10.0. The highest BCUT2D eigenvalue weighted by atomic mass is 35.5. The van der Waals surface area contributed by atoms with Gasteiger partial charge in [-0.15, -0.1) is 12.4 Å². The van der Waals surface area contributed by atoms with Crippen LogP contribution in [0.4, 0.5) is 0 Å². The van der Waals surface area contributed by atoms with Gasteiger partial charge in [0.15, 0.2) is 0 Å². The largest absolute Gasteiger partial charge is 0.497 e. The van der Waals surface area contributed by atoms with Gasteiger partial charge in [0.1, 0.15) is 5.75 Å². The first-order valence-corrected chi connectivity index (χ1v) is 6.82. The summed E-state index contributed by atoms with van der Waals surface area (Å²) in [4.78, 5) is 2.53. The zero-order valence-corrected chi connectivity index (χ0v) is 12.9. The Morgan fingerprint density at radius 1 is 1.37 bits per heavy atom. The van der Waals surface area contributed by atoms with Gasteiger partial charge in [-0.3, -0.25) is 4.90 Å². The van der Waals surface area contributed by atoms with Crippen LogP contribution in [0, 0.1) is 0 Å². The van der Waals surface area contributed by atoms with Crippen LogP contribution in [0.25, 0.3) is 0 Å². The molecule has 108 valence electrons. The number of hydrogen-bond acceptors (Lipinski definition) is 3. The second kappa shape index (κ2) is 7.73. The Kier molecular flexibility index (Phi) is 6.63. The Hall–Kier alpha value is -0.770. The summed E-state index contributed by atoms with van der Waals surface area (Å²) in [7, 11) is 3.78. The van der Waals surface area contributed by atoms with Crippen LogP contribution in [0.3, 0.4) is 0 Å². The molecule has 0 saturated carbocycles. The predicted octanol–water partition coefficient (Wildman–Crippen LogP) is 2.47. The lowest BCUT2D eigenvalue weighted by molar-refractivity contribution is 0.321. The van der Waals surface area contributed by atoms with E-state index in [1.807, 2.05) is 0 Å². The van der Waals surface area contributed by atoms with E-state index in [4.69, 9.17) is 4.74 Å². The second-order valence-electron chi connectivity index (χ2n) is 5.00. The lowest BCUT2D eigenvalue weighted by Crippen LogP contribution is -2.29. The van der Waals surface area contributed by atoms with Crippen molar-refractivity contribution in [2.45, 2.75) is 32.4 Å². The molecule has 0 aromatic heterocycles. The Labute approximate surface area is 122 Å². The van der Waals surface area contributed by atoms with Gasteiger partial charge in [-0.05, 0) is 43.1 Å². The van der Waals surface area contributed by atoms with Gasteiger partial charge >= 0.3 is 0 Å². The highest BCUT2D eigenvalue weighted by Crippen LogP contribution is 2.21. The number of ether oxygens (including phenoxy) is 1. The van der Waals surface area contributed by atoms with Gasteiger partial charge < -0.3 is 10.1 Å². The van der Waals surface area contributed by atoms with Crippen molar-refractivity contribution >= 4 is 12.4 Å². The molecule has 1 aromatic rings. The fraction of sp³-hybridized carbons (Fsp3) is 0.600. The van der Waals surface area contributed by atoms with Gasteiger partial charge in [0, 0.05) is 25.7 Å². The normalized spacial score (nSPS) is 19.2. The minimum absolute atomic E-state index is 0. The molecule has 0 spiro atoms. The number of halogens is 1. The third-order valence-electron chi connectivity index (χ3n) is 3.87. The third kappa shape index (κ3) is 4.10. The maximum atomic E-state index is 5.29. The number of rotatable bonds is 5. The molecular weight excluding hydrogens is 260 g/mol. The quantitative estimate of drug-likeness (QED) is 0.899. The summed E-state index contributed by atoms with van der Waals surface area (Å²) < 4.78 is 5.29. The van der Waals surface area contributed by atoms with Crippen molar-refractivity contribution < 1.29 is 4.74 Å². The van der Waals surface area contributed by atoms with Crippen LogP contribution in [-0.4, -0.2) is 38.2 Å². The standard InChI is InChI=1S/C15H24N2O.ClH/c1-4-12-9-15(18-3)6-5-13(12)10-17-8-7-14(11-17)16-2;/h5-6,9,14,16H,4,7-8,10-11H2,1-3H3;1H. The van der Waals surface area contributed by atoms with Crippen LogP contribution in [0.2, 0.25) is 0 Å². The Bertz CT molecular complexity index is 398. The van der Waals surface area contributed by atoms with E-state index in [9.17, 15) is 0 Å². The second-order valence-corrected chi connectivity index (χ2v) is 5.00. The Balaban J connectivity index is 0.00000180. The molecule has 1 heterocycles. The highest BCUT2D eigenvalue weighted by molar-refractivity contribution is 5.85. The Morgan fingerprint density at radius 2 is 2.16 bits per heavy atom. The third-order valence-corrected chi connectivity index (χ3v) is 3.87. The number of nitrogens with one attached hydrogen (secondary N) is 1. The molecule has 1 fully saturated rings. The molecule has 19 heavy (non-hydrogen) atoms. The van der Waals surface area contributed by atoms with E-state index in [2.05, 4.69) is 42.4 Å². The molecule has 2 rings (SSSR count). The van der Waals surface area contributed by atoms with E-state index >= 15 is 0 Å². The smallest absolute Gasteiger partial charge is 0.119 e. The molecular formula is C15H25ClN2O. The van der Waals surface area contributed by atoms with Crippen LogP contribution in [0.15, 0.2) is 18.2 Å². The van der Waals surface area contributed by atoms with Crippen molar-refractivity contribution in [3.05, 3.63) is 29.3 Å². The first-order chi connectivity index (χ1) is 8.76. The number of likely N-dealkylation sites (N-methyl/N-ethyl adjacent to an activating group) is 1. The highest BCUT2D eigenvalue weighted by Gasteiger charge is 2.21. The van der Waals surface area contributed by atoms with Gasteiger partial charge in [-0.25, -0.2) is 0 Å². The molecule has 3 nitrogen and oxygen atoms in total. The number of methoxy groups -OCH3 is 1. The molecule has 1 aliphatic heterocycles. The van der Waals surface area contributed by atoms with Gasteiger partial charge in [0.25, 0.3) is 0 Å². The van der Waals surface area contributed by atoms with Crippen molar-refractivity contribution in [2.24, 2.45) is 0 Å². The van der Waals surface area contributed by atoms with Gasteiger partial charge in [-0.1, -0.05) is 13.0 Å². The van der Waals surface area contributed by atoms with Crippen LogP contribution in [-0.2, 0) is 13.0 Å². The van der Waals surface area contributed by atoms with Crippen molar-refractivity contribution in [3.63, 3.8) is 0 Å². The molecule has 0 bridgehead atoms. The molecule has 1 N–H and O–H groups in total. The fourth-order valence-electron chi connectivity index (χ4n) is 2.67. The molecule has 4 heteroatoms. The number of likely N-dealkylation sites (tertiary alicyclic amines) is 1. The summed E-state index contributed by atoms with van der Waals surface area (Å²) in [6.45, 7) is 5.62. The van der Waals surface area contributed by atoms with E-state index in [0.29, 0.717) is 6.04 Å². The van der Waals surface area contributed by atoms with E-state index in [1.54, 1.807) is 7.11 Å². The summed E-state index contributed by atoms with van der Waals surface area (Å²) in [5, 5.41) is 3.36. The number of hydrogen-bond donors (Lipinski definition) is 1. The minimum Gasteiger partial charge on any atom is -0.497 e. The molecule has 0 radical (unpaired) electrons. The SMILES string of the molecule is CCc1cc(OC)ccc1CN1CCC(NC)C1.Cl. The molecule has 0 amide bonds. The van der Waals surface area contributed by atoms with Crippen molar-refractivity contribution in [2.75, 3.05) is 27.2 Å². The fourth-order valence-corrected chi connectivity index (χ4v) is 2.67. The molecule has 1 atom stereocenters. The zero-order valence-electron chi connectivity index (χ0n) is 12.1. The van der Waals surface area contributed by atoms with Crippen LogP contribution >= 0.6 is 12.4 Å². The zero-order chi connectivity index (χ0) is 13.0. The van der Waals surface area contributed by atoms with E-state index in [-0.39, 0.29) is 12.4 Å². The molecule has 0 aliphatic carbocycles. The van der Waals surface area contributed by atoms with Crippen molar-refractivity contribution in [3.8, 4) is 5.75 Å². The van der Waals surface area contributed by atoms with Crippen LogP contribution < -0.4 is 10.1 Å². The first kappa shape index (κ1) is 16.3. The summed E-state index contributed by atoms with van der Waals surface area (Å²) in [5.41, 5.74) is 2.84. The number of benzene rings is 1. The van der Waals surface area contributed by atoms with Crippen molar-refractivity contribution in [1.82, 2.24) is 10.2 Å². The molecule has 1 aliphatic rings. The average molecular weight is 285 g/mol. The van der Waals surface area contributed by atoms with Gasteiger partial charge in [0.2, 0.25) is 0 Å². The molecule has 1 unspecified atom stereocenters. The summed E-state index contributed by atoms with van der Waals surface area (Å²) >= 11 is 0. The van der Waals surface area contributed by atoms with E-state index in [0.717, 1.165) is 25.3 Å². The van der Waals surface area contributed by atoms with Gasteiger partial charge in [-0.2, -0.15) is 0 Å². The first-order valence-electron chi connectivity index (χ1n) is 6.82. The summed E-state index contributed by atoms with van der Waals surface area (Å²) in [6, 6.07) is 7.11. The summed E-state index contributed by atoms with van der Waals surface area (Å²) in [6.07, 6.45) is 2.32. The van der Waals surface area contributed by atoms with Crippen molar-refractivity contribution in [1.29, 1.82) is 0 Å². The molecule has 1 aromatic carbocycles. The molecule has 1 saturated heterocycles. The monoisotopic (exact) mass is 284 g/mol. The lowest BCUT2D eigenvalue weighted by Gasteiger charge is -2.18. The minimum atomic E-state index is 0. The van der Waals surface area contributed by atoms with E-state index < -0.39 is 0 Å². The average Bonchev–Trinajstić information content (AvgIpc) is 2.87. The van der Waals surface area contributed by atoms with Gasteiger partial charge in [0.05, 0.1) is 7.11 Å². The van der Waals surface area contributed by atoms with Crippen LogP contribution in [0.1, 0.15) is 24.5 Å². The maximum absolute atomic E-state index is 5.29. The number of aryl methyl sites for hydroxylation is 1. The predicted molar refractivity (Wildman–Crippen MR) is 82.4 cm³/mol.